The van der Waals surface area contributed by atoms with E-state index < -0.39 is 0 Å². The van der Waals surface area contributed by atoms with Gasteiger partial charge in [-0.3, -0.25) is 0 Å². The molecule has 0 aliphatic heterocycles. The predicted octanol–water partition coefficient (Wildman–Crippen LogP) is 3.26. The van der Waals surface area contributed by atoms with Crippen LogP contribution in [0.1, 0.15) is 32.5 Å². The maximum absolute atomic E-state index is 4.50. The lowest BCUT2D eigenvalue weighted by Gasteiger charge is -2.07. The molecule has 16 heavy (non-hydrogen) atoms. The van der Waals surface area contributed by atoms with Crippen LogP contribution in [-0.2, 0) is 6.42 Å². The Bertz CT molecular complexity index is 367. The minimum absolute atomic E-state index is 0.836. The van der Waals surface area contributed by atoms with Crippen LogP contribution in [0.25, 0.3) is 0 Å². The van der Waals surface area contributed by atoms with Gasteiger partial charge in [0.1, 0.15) is 16.2 Å². The molecule has 2 atom stereocenters. The molecule has 3 nitrogen and oxygen atoms in total. The Kier molecular flexibility index (Phi) is 3.79. The van der Waals surface area contributed by atoms with Gasteiger partial charge in [-0.25, -0.2) is 9.97 Å². The highest BCUT2D eigenvalue weighted by atomic mass is 79.9. The van der Waals surface area contributed by atoms with Crippen LogP contribution in [0.3, 0.4) is 0 Å². The first-order valence-electron chi connectivity index (χ1n) is 5.96. The van der Waals surface area contributed by atoms with E-state index in [-0.39, 0.29) is 0 Å². The van der Waals surface area contributed by atoms with Gasteiger partial charge in [0, 0.05) is 19.0 Å². The third kappa shape index (κ3) is 3.17. The molecule has 2 rings (SSSR count). The minimum atomic E-state index is 0.836. The lowest BCUT2D eigenvalue weighted by Crippen LogP contribution is -2.08. The van der Waals surface area contributed by atoms with E-state index >= 15 is 0 Å². The zero-order chi connectivity index (χ0) is 11.5. The fraction of sp³-hybridized carbons (Fsp3) is 0.667. The molecule has 0 aromatic carbocycles. The number of hydrogen-bond donors (Lipinski definition) is 1. The summed E-state index contributed by atoms with van der Waals surface area (Å²) in [6, 6.07) is 1.95. The molecule has 1 saturated carbocycles. The predicted molar refractivity (Wildman–Crippen MR) is 69.5 cm³/mol. The highest BCUT2D eigenvalue weighted by Crippen LogP contribution is 2.37. The van der Waals surface area contributed by atoms with E-state index in [1.54, 1.807) is 0 Å². The fourth-order valence-electron chi connectivity index (χ4n) is 1.81. The second-order valence-electron chi connectivity index (χ2n) is 4.60. The number of hydrogen-bond acceptors (Lipinski definition) is 3. The molecule has 0 bridgehead atoms. The maximum Gasteiger partial charge on any atom is 0.132 e. The van der Waals surface area contributed by atoms with Gasteiger partial charge in [-0.15, -0.1) is 0 Å². The van der Waals surface area contributed by atoms with Crippen molar-refractivity contribution < 1.29 is 0 Å². The van der Waals surface area contributed by atoms with Gasteiger partial charge >= 0.3 is 0 Å². The van der Waals surface area contributed by atoms with Gasteiger partial charge in [0.05, 0.1) is 0 Å². The molecule has 1 aliphatic carbocycles. The molecule has 0 radical (unpaired) electrons. The van der Waals surface area contributed by atoms with Crippen LogP contribution in [0, 0.1) is 11.8 Å². The minimum Gasteiger partial charge on any atom is -0.370 e. The molecule has 1 fully saturated rings. The van der Waals surface area contributed by atoms with Crippen molar-refractivity contribution in [1.82, 2.24) is 9.97 Å². The Balaban J connectivity index is 1.96. The molecular formula is C12H18BrN3. The van der Waals surface area contributed by atoms with Crippen molar-refractivity contribution in [3.63, 3.8) is 0 Å². The van der Waals surface area contributed by atoms with Gasteiger partial charge < -0.3 is 5.32 Å². The topological polar surface area (TPSA) is 37.8 Å². The van der Waals surface area contributed by atoms with Gasteiger partial charge in [0.25, 0.3) is 0 Å². The largest absolute Gasteiger partial charge is 0.370 e. The molecule has 0 saturated heterocycles. The maximum atomic E-state index is 4.50. The van der Waals surface area contributed by atoms with E-state index in [0.717, 1.165) is 47.5 Å². The van der Waals surface area contributed by atoms with Crippen LogP contribution in [0.5, 0.6) is 0 Å². The van der Waals surface area contributed by atoms with E-state index in [1.165, 1.54) is 6.42 Å². The molecule has 1 heterocycles. The van der Waals surface area contributed by atoms with E-state index in [2.05, 4.69) is 45.1 Å². The summed E-state index contributed by atoms with van der Waals surface area (Å²) in [4.78, 5) is 8.84. The van der Waals surface area contributed by atoms with Gasteiger partial charge in [0.2, 0.25) is 0 Å². The first-order valence-corrected chi connectivity index (χ1v) is 6.75. The van der Waals surface area contributed by atoms with Crippen LogP contribution in [0.4, 0.5) is 5.82 Å². The fourth-order valence-corrected chi connectivity index (χ4v) is 2.23. The first kappa shape index (κ1) is 11.8. The van der Waals surface area contributed by atoms with Crippen LogP contribution >= 0.6 is 15.9 Å². The molecular weight excluding hydrogens is 266 g/mol. The number of halogens is 1. The summed E-state index contributed by atoms with van der Waals surface area (Å²) >= 11 is 3.43. The summed E-state index contributed by atoms with van der Waals surface area (Å²) in [6.45, 7) is 5.48. The van der Waals surface area contributed by atoms with Crippen molar-refractivity contribution in [2.45, 2.75) is 33.1 Å². The molecule has 88 valence electrons. The first-order chi connectivity index (χ1) is 7.69. The molecule has 1 aromatic rings. The molecule has 0 spiro atoms. The smallest absolute Gasteiger partial charge is 0.132 e. The van der Waals surface area contributed by atoms with Crippen LogP contribution in [-0.4, -0.2) is 16.5 Å². The Labute approximate surface area is 105 Å². The lowest BCUT2D eigenvalue weighted by atomic mass is 10.3. The zero-order valence-electron chi connectivity index (χ0n) is 9.83. The third-order valence-electron chi connectivity index (χ3n) is 3.04. The second kappa shape index (κ2) is 5.13. The number of rotatable bonds is 5. The summed E-state index contributed by atoms with van der Waals surface area (Å²) < 4.78 is 0.872. The van der Waals surface area contributed by atoms with Crippen LogP contribution in [0.2, 0.25) is 0 Å². The lowest BCUT2D eigenvalue weighted by molar-refractivity contribution is 0.777. The molecule has 4 heteroatoms. The quantitative estimate of drug-likeness (QED) is 0.843. The Morgan fingerprint density at radius 1 is 1.50 bits per heavy atom. The van der Waals surface area contributed by atoms with Crippen molar-refractivity contribution in [3.05, 3.63) is 16.5 Å². The SMILES string of the molecule is CCCc1nc(Br)cc(NCC2CC2C)n1. The number of nitrogens with one attached hydrogen (secondary N) is 1. The Hall–Kier alpha value is -0.640. The van der Waals surface area contributed by atoms with E-state index in [1.807, 2.05) is 6.07 Å². The van der Waals surface area contributed by atoms with Gasteiger partial charge in [-0.1, -0.05) is 13.8 Å². The summed E-state index contributed by atoms with van der Waals surface area (Å²) in [5.41, 5.74) is 0. The highest BCUT2D eigenvalue weighted by Gasteiger charge is 2.31. The number of anilines is 1. The summed E-state index contributed by atoms with van der Waals surface area (Å²) in [5.74, 6) is 3.59. The van der Waals surface area contributed by atoms with Gasteiger partial charge in [-0.2, -0.15) is 0 Å². The van der Waals surface area contributed by atoms with Gasteiger partial charge in [-0.05, 0) is 40.6 Å². The van der Waals surface area contributed by atoms with E-state index in [9.17, 15) is 0 Å². The average molecular weight is 284 g/mol. The zero-order valence-corrected chi connectivity index (χ0v) is 11.4. The summed E-state index contributed by atoms with van der Waals surface area (Å²) in [6.07, 6.45) is 3.37. The van der Waals surface area contributed by atoms with Crippen molar-refractivity contribution in [3.8, 4) is 0 Å². The Morgan fingerprint density at radius 2 is 2.25 bits per heavy atom. The normalized spacial score (nSPS) is 23.2. The van der Waals surface area contributed by atoms with Crippen molar-refractivity contribution >= 4 is 21.7 Å². The summed E-state index contributed by atoms with van der Waals surface area (Å²) in [5, 5.41) is 3.40. The molecule has 2 unspecified atom stereocenters. The van der Waals surface area contributed by atoms with Crippen molar-refractivity contribution in [2.75, 3.05) is 11.9 Å². The monoisotopic (exact) mass is 283 g/mol. The number of aryl methyl sites for hydroxylation is 1. The standard InChI is InChI=1S/C12H18BrN3/c1-3-4-11-15-10(13)6-12(16-11)14-7-9-5-8(9)2/h6,8-9H,3-5,7H2,1-2H3,(H,14,15,16). The van der Waals surface area contributed by atoms with Crippen molar-refractivity contribution in [1.29, 1.82) is 0 Å². The molecule has 1 aliphatic rings. The van der Waals surface area contributed by atoms with Crippen LogP contribution < -0.4 is 5.32 Å². The average Bonchev–Trinajstić information content (AvgIpc) is 2.91. The molecule has 1 aromatic heterocycles. The summed E-state index contributed by atoms with van der Waals surface area (Å²) in [7, 11) is 0. The number of aromatic nitrogens is 2. The van der Waals surface area contributed by atoms with E-state index in [4.69, 9.17) is 0 Å². The highest BCUT2D eigenvalue weighted by molar-refractivity contribution is 9.10. The number of nitrogens with zero attached hydrogens (tertiary/aromatic N) is 2. The van der Waals surface area contributed by atoms with Crippen molar-refractivity contribution in [2.24, 2.45) is 11.8 Å². The second-order valence-corrected chi connectivity index (χ2v) is 5.41. The molecule has 0 amide bonds. The molecule has 1 N–H and O–H groups in total. The third-order valence-corrected chi connectivity index (χ3v) is 3.44. The van der Waals surface area contributed by atoms with Crippen LogP contribution in [0.15, 0.2) is 10.7 Å². The Morgan fingerprint density at radius 3 is 2.88 bits per heavy atom. The van der Waals surface area contributed by atoms with E-state index in [0.29, 0.717) is 0 Å². The van der Waals surface area contributed by atoms with Gasteiger partial charge in [0.15, 0.2) is 0 Å².